The first kappa shape index (κ1) is 12.6. The minimum Gasteiger partial charge on any atom is -0.478 e. The fourth-order valence-corrected chi connectivity index (χ4v) is 1.70. The lowest BCUT2D eigenvalue weighted by Crippen LogP contribution is -2.13. The summed E-state index contributed by atoms with van der Waals surface area (Å²) in [7, 11) is 0. The van der Waals surface area contributed by atoms with E-state index in [9.17, 15) is 19.7 Å². The van der Waals surface area contributed by atoms with Gasteiger partial charge in [0.1, 0.15) is 0 Å². The Balaban J connectivity index is 3.76. The Hall–Kier alpha value is -2.44. The highest BCUT2D eigenvalue weighted by Crippen LogP contribution is 2.29. The van der Waals surface area contributed by atoms with E-state index in [-0.39, 0.29) is 16.8 Å². The number of benzene rings is 1. The number of carboxylic acid groups (broad SMARTS) is 2. The van der Waals surface area contributed by atoms with Crippen molar-refractivity contribution in [3.63, 3.8) is 0 Å². The van der Waals surface area contributed by atoms with E-state index in [0.717, 1.165) is 6.07 Å². The highest BCUT2D eigenvalue weighted by molar-refractivity contribution is 6.03. The van der Waals surface area contributed by atoms with Crippen LogP contribution in [0.5, 0.6) is 0 Å². The third kappa shape index (κ3) is 2.07. The molecule has 17 heavy (non-hydrogen) atoms. The van der Waals surface area contributed by atoms with Crippen molar-refractivity contribution in [2.24, 2.45) is 0 Å². The largest absolute Gasteiger partial charge is 0.478 e. The number of carboxylic acids is 2. The summed E-state index contributed by atoms with van der Waals surface area (Å²) >= 11 is 0. The number of nitro benzene ring substituents is 1. The van der Waals surface area contributed by atoms with Crippen LogP contribution in [-0.2, 0) is 0 Å². The molecule has 0 bridgehead atoms. The maximum absolute atomic E-state index is 10.9. The predicted octanol–water partition coefficient (Wildman–Crippen LogP) is 1.61. The average molecular weight is 239 g/mol. The summed E-state index contributed by atoms with van der Waals surface area (Å²) in [5, 5.41) is 28.5. The molecule has 0 fully saturated rings. The lowest BCUT2D eigenvalue weighted by atomic mass is 9.96. The van der Waals surface area contributed by atoms with Crippen LogP contribution < -0.4 is 0 Å². The van der Waals surface area contributed by atoms with Crippen LogP contribution in [0.4, 0.5) is 5.69 Å². The molecule has 0 atom stereocenters. The van der Waals surface area contributed by atoms with Crippen molar-refractivity contribution in [1.29, 1.82) is 0 Å². The zero-order valence-corrected chi connectivity index (χ0v) is 9.05. The van der Waals surface area contributed by atoms with Crippen molar-refractivity contribution in [2.45, 2.75) is 13.8 Å². The minimum atomic E-state index is -1.50. The highest BCUT2D eigenvalue weighted by atomic mass is 16.6. The Kier molecular flexibility index (Phi) is 3.12. The van der Waals surface area contributed by atoms with Gasteiger partial charge in [0.2, 0.25) is 0 Å². The number of nitrogens with zero attached hydrogens (tertiary/aromatic N) is 1. The van der Waals surface area contributed by atoms with Crippen LogP contribution in [0.3, 0.4) is 0 Å². The lowest BCUT2D eigenvalue weighted by Gasteiger charge is -2.08. The van der Waals surface area contributed by atoms with Crippen molar-refractivity contribution in [3.05, 3.63) is 38.4 Å². The summed E-state index contributed by atoms with van der Waals surface area (Å²) in [5.74, 6) is -2.92. The van der Waals surface area contributed by atoms with Gasteiger partial charge in [-0.3, -0.25) is 10.1 Å². The number of nitro groups is 1. The topological polar surface area (TPSA) is 118 Å². The van der Waals surface area contributed by atoms with Gasteiger partial charge >= 0.3 is 11.9 Å². The number of hydrogen-bond donors (Lipinski definition) is 2. The van der Waals surface area contributed by atoms with Gasteiger partial charge < -0.3 is 10.2 Å². The van der Waals surface area contributed by atoms with Gasteiger partial charge in [0.15, 0.2) is 0 Å². The molecule has 0 aliphatic carbocycles. The molecule has 0 heterocycles. The zero-order valence-electron chi connectivity index (χ0n) is 9.05. The Morgan fingerprint density at radius 1 is 1.24 bits per heavy atom. The molecule has 0 radical (unpaired) electrons. The average Bonchev–Trinajstić information content (AvgIpc) is 2.14. The molecule has 0 unspecified atom stereocenters. The molecule has 1 aromatic rings. The van der Waals surface area contributed by atoms with Crippen LogP contribution in [-0.4, -0.2) is 27.1 Å². The van der Waals surface area contributed by atoms with E-state index in [2.05, 4.69) is 0 Å². The highest BCUT2D eigenvalue weighted by Gasteiger charge is 2.27. The number of aromatic carboxylic acids is 2. The fourth-order valence-electron chi connectivity index (χ4n) is 1.70. The van der Waals surface area contributed by atoms with E-state index < -0.39 is 28.0 Å². The monoisotopic (exact) mass is 239 g/mol. The second-order valence-electron chi connectivity index (χ2n) is 3.46. The molecule has 90 valence electrons. The SMILES string of the molecule is Cc1cc(C(=O)O)c(C(=O)O)c(C)c1[N+](=O)[O-]. The molecule has 0 aliphatic heterocycles. The first-order valence-electron chi connectivity index (χ1n) is 4.52. The van der Waals surface area contributed by atoms with Gasteiger partial charge in [-0.15, -0.1) is 0 Å². The third-order valence-electron chi connectivity index (χ3n) is 2.36. The zero-order chi connectivity index (χ0) is 13.3. The summed E-state index contributed by atoms with van der Waals surface area (Å²) in [6.45, 7) is 2.59. The molecule has 2 N–H and O–H groups in total. The summed E-state index contributed by atoms with van der Waals surface area (Å²) < 4.78 is 0. The van der Waals surface area contributed by atoms with Crippen molar-refractivity contribution >= 4 is 17.6 Å². The van der Waals surface area contributed by atoms with Gasteiger partial charge in [-0.05, 0) is 19.9 Å². The van der Waals surface area contributed by atoms with E-state index in [0.29, 0.717) is 0 Å². The summed E-state index contributed by atoms with van der Waals surface area (Å²) in [4.78, 5) is 31.9. The number of rotatable bonds is 3. The Morgan fingerprint density at radius 3 is 2.12 bits per heavy atom. The van der Waals surface area contributed by atoms with Crippen molar-refractivity contribution in [1.82, 2.24) is 0 Å². The molecule has 0 aliphatic rings. The molecule has 1 aromatic carbocycles. The molecule has 7 heteroatoms. The number of hydrogen-bond acceptors (Lipinski definition) is 4. The fraction of sp³-hybridized carbons (Fsp3) is 0.200. The second kappa shape index (κ2) is 4.20. The van der Waals surface area contributed by atoms with Gasteiger partial charge in [0, 0.05) is 11.1 Å². The van der Waals surface area contributed by atoms with Crippen LogP contribution in [0.15, 0.2) is 6.07 Å². The molecule has 0 spiro atoms. The molecular formula is C10H9NO6. The molecule has 0 aromatic heterocycles. The van der Waals surface area contributed by atoms with Gasteiger partial charge in [-0.2, -0.15) is 0 Å². The maximum Gasteiger partial charge on any atom is 0.337 e. The smallest absolute Gasteiger partial charge is 0.337 e. The molecule has 0 saturated carbocycles. The normalized spacial score (nSPS) is 10.0. The van der Waals surface area contributed by atoms with E-state index in [4.69, 9.17) is 10.2 Å². The van der Waals surface area contributed by atoms with Crippen LogP contribution in [0.25, 0.3) is 0 Å². The van der Waals surface area contributed by atoms with Crippen LogP contribution >= 0.6 is 0 Å². The first-order chi connectivity index (χ1) is 7.77. The molecule has 0 amide bonds. The van der Waals surface area contributed by atoms with Gasteiger partial charge in [-0.25, -0.2) is 9.59 Å². The van der Waals surface area contributed by atoms with Gasteiger partial charge in [0.25, 0.3) is 5.69 Å². The lowest BCUT2D eigenvalue weighted by molar-refractivity contribution is -0.386. The van der Waals surface area contributed by atoms with Gasteiger partial charge in [0.05, 0.1) is 16.1 Å². The second-order valence-corrected chi connectivity index (χ2v) is 3.46. The van der Waals surface area contributed by atoms with Crippen LogP contribution in [0.1, 0.15) is 31.8 Å². The first-order valence-corrected chi connectivity index (χ1v) is 4.52. The Labute approximate surface area is 95.5 Å². The van der Waals surface area contributed by atoms with Crippen LogP contribution in [0.2, 0.25) is 0 Å². The molecule has 7 nitrogen and oxygen atoms in total. The van der Waals surface area contributed by atoms with E-state index in [1.807, 2.05) is 0 Å². The Morgan fingerprint density at radius 2 is 1.76 bits per heavy atom. The van der Waals surface area contributed by atoms with Crippen molar-refractivity contribution in [3.8, 4) is 0 Å². The standard InChI is InChI=1S/C10H9NO6/c1-4-3-6(9(12)13)7(10(14)15)5(2)8(4)11(16)17/h3H,1-2H3,(H,12,13)(H,14,15). The minimum absolute atomic E-state index is 0.120. The summed E-state index contributed by atoms with van der Waals surface area (Å²) in [6.07, 6.45) is 0. The van der Waals surface area contributed by atoms with Gasteiger partial charge in [-0.1, -0.05) is 0 Å². The van der Waals surface area contributed by atoms with Crippen LogP contribution in [0, 0.1) is 24.0 Å². The molecule has 1 rings (SSSR count). The number of aryl methyl sites for hydroxylation is 1. The molecule has 0 saturated heterocycles. The molecular weight excluding hydrogens is 230 g/mol. The van der Waals surface area contributed by atoms with Crippen molar-refractivity contribution in [2.75, 3.05) is 0 Å². The number of carbonyl (C=O) groups is 2. The summed E-state index contributed by atoms with van der Waals surface area (Å²) in [5.41, 5.74) is -1.39. The quantitative estimate of drug-likeness (QED) is 0.611. The Bertz CT molecular complexity index is 534. The van der Waals surface area contributed by atoms with E-state index in [1.54, 1.807) is 0 Å². The van der Waals surface area contributed by atoms with Crippen molar-refractivity contribution < 1.29 is 24.7 Å². The predicted molar refractivity (Wildman–Crippen MR) is 56.5 cm³/mol. The van der Waals surface area contributed by atoms with E-state index in [1.165, 1.54) is 13.8 Å². The summed E-state index contributed by atoms with van der Waals surface area (Å²) in [6, 6.07) is 0.997. The maximum atomic E-state index is 10.9. The third-order valence-corrected chi connectivity index (χ3v) is 2.36. The van der Waals surface area contributed by atoms with E-state index >= 15 is 0 Å².